The molecule has 140 valence electrons. The number of aromatic carboxylic acids is 1. The highest BCUT2D eigenvalue weighted by Crippen LogP contribution is 2.25. The highest BCUT2D eigenvalue weighted by molar-refractivity contribution is 5.95. The maximum atomic E-state index is 12.0. The van der Waals surface area contributed by atoms with E-state index in [1.54, 1.807) is 35.2 Å². The third kappa shape index (κ3) is 4.84. The van der Waals surface area contributed by atoms with E-state index in [4.69, 9.17) is 9.84 Å². The van der Waals surface area contributed by atoms with Crippen LogP contribution in [0.2, 0.25) is 0 Å². The van der Waals surface area contributed by atoms with Crippen LogP contribution in [0.15, 0.2) is 48.5 Å². The van der Waals surface area contributed by atoms with Crippen molar-refractivity contribution in [2.45, 2.75) is 19.4 Å². The molecule has 3 rings (SSSR count). The molecule has 1 fully saturated rings. The number of anilines is 1. The van der Waals surface area contributed by atoms with Gasteiger partial charge in [0.25, 0.3) is 5.91 Å². The molecule has 27 heavy (non-hydrogen) atoms. The average Bonchev–Trinajstić information content (AvgIpc) is 3.11. The number of benzene rings is 2. The van der Waals surface area contributed by atoms with Gasteiger partial charge in [-0.1, -0.05) is 18.2 Å². The zero-order chi connectivity index (χ0) is 19.2. The Kier molecular flexibility index (Phi) is 5.71. The van der Waals surface area contributed by atoms with E-state index in [9.17, 15) is 14.4 Å². The first kappa shape index (κ1) is 18.4. The summed E-state index contributed by atoms with van der Waals surface area (Å²) in [5.74, 6) is -0.732. The number of amides is 2. The molecular weight excluding hydrogens is 348 g/mol. The van der Waals surface area contributed by atoms with Gasteiger partial charge in [-0.05, 0) is 36.2 Å². The molecule has 1 heterocycles. The molecule has 0 unspecified atom stereocenters. The fraction of sp³-hybridized carbons (Fsp3) is 0.250. The third-order valence-electron chi connectivity index (χ3n) is 4.24. The van der Waals surface area contributed by atoms with Crippen molar-refractivity contribution in [3.05, 3.63) is 59.7 Å². The minimum absolute atomic E-state index is 0.0912. The summed E-state index contributed by atoms with van der Waals surface area (Å²) in [5.41, 5.74) is 1.63. The Labute approximate surface area is 156 Å². The Bertz CT molecular complexity index is 865. The fourth-order valence-corrected chi connectivity index (χ4v) is 2.88. The van der Waals surface area contributed by atoms with Gasteiger partial charge in [0, 0.05) is 31.3 Å². The van der Waals surface area contributed by atoms with Crippen LogP contribution in [0.5, 0.6) is 5.75 Å². The molecule has 2 aromatic rings. The molecule has 0 radical (unpaired) electrons. The Morgan fingerprint density at radius 1 is 1.15 bits per heavy atom. The molecule has 0 bridgehead atoms. The predicted octanol–water partition coefficient (Wildman–Crippen LogP) is 2.21. The minimum Gasteiger partial charge on any atom is -0.484 e. The van der Waals surface area contributed by atoms with Crippen molar-refractivity contribution >= 4 is 23.5 Å². The molecule has 1 aliphatic rings. The van der Waals surface area contributed by atoms with Crippen molar-refractivity contribution in [2.75, 3.05) is 18.1 Å². The van der Waals surface area contributed by atoms with E-state index in [1.165, 1.54) is 12.1 Å². The van der Waals surface area contributed by atoms with E-state index in [0.717, 1.165) is 12.1 Å². The van der Waals surface area contributed by atoms with Gasteiger partial charge in [-0.3, -0.25) is 9.59 Å². The Hall–Kier alpha value is -3.35. The quantitative estimate of drug-likeness (QED) is 0.781. The van der Waals surface area contributed by atoms with E-state index in [2.05, 4.69) is 5.32 Å². The number of hydrogen-bond acceptors (Lipinski definition) is 4. The molecule has 7 nitrogen and oxygen atoms in total. The Balaban J connectivity index is 1.51. The monoisotopic (exact) mass is 368 g/mol. The van der Waals surface area contributed by atoms with Crippen LogP contribution in [0.4, 0.5) is 5.69 Å². The van der Waals surface area contributed by atoms with Gasteiger partial charge < -0.3 is 20.1 Å². The number of rotatable bonds is 7. The van der Waals surface area contributed by atoms with Crippen LogP contribution in [0.3, 0.4) is 0 Å². The van der Waals surface area contributed by atoms with E-state index < -0.39 is 5.97 Å². The lowest BCUT2D eigenvalue weighted by atomic mass is 10.1. The van der Waals surface area contributed by atoms with Crippen molar-refractivity contribution in [2.24, 2.45) is 0 Å². The largest absolute Gasteiger partial charge is 0.484 e. The molecule has 1 aliphatic heterocycles. The normalized spacial score (nSPS) is 13.5. The fourth-order valence-electron chi connectivity index (χ4n) is 2.88. The SMILES string of the molecule is O=C(COc1cccc(N2CCCC2=O)c1)NCc1cccc(C(=O)O)c1. The number of nitrogens with zero attached hydrogens (tertiary/aromatic N) is 1. The number of hydrogen-bond donors (Lipinski definition) is 2. The summed E-state index contributed by atoms with van der Waals surface area (Å²) in [6.45, 7) is 0.736. The third-order valence-corrected chi connectivity index (χ3v) is 4.24. The van der Waals surface area contributed by atoms with Gasteiger partial charge in [0.2, 0.25) is 5.91 Å². The second-order valence-corrected chi connectivity index (χ2v) is 6.22. The first-order valence-corrected chi connectivity index (χ1v) is 8.65. The summed E-state index contributed by atoms with van der Waals surface area (Å²) >= 11 is 0. The summed E-state index contributed by atoms with van der Waals surface area (Å²) in [4.78, 5) is 36.5. The lowest BCUT2D eigenvalue weighted by Gasteiger charge is -2.16. The van der Waals surface area contributed by atoms with Gasteiger partial charge in [0.1, 0.15) is 5.75 Å². The first-order chi connectivity index (χ1) is 13.0. The molecule has 7 heteroatoms. The van der Waals surface area contributed by atoms with Crippen LogP contribution >= 0.6 is 0 Å². The molecule has 0 atom stereocenters. The predicted molar refractivity (Wildman–Crippen MR) is 98.8 cm³/mol. The van der Waals surface area contributed by atoms with Gasteiger partial charge in [-0.15, -0.1) is 0 Å². The zero-order valence-electron chi connectivity index (χ0n) is 14.7. The number of nitrogens with one attached hydrogen (secondary N) is 1. The molecule has 0 spiro atoms. The van der Waals surface area contributed by atoms with Gasteiger partial charge in [-0.25, -0.2) is 4.79 Å². The van der Waals surface area contributed by atoms with Crippen molar-refractivity contribution in [1.29, 1.82) is 0 Å². The number of carboxylic acids is 1. The lowest BCUT2D eigenvalue weighted by molar-refractivity contribution is -0.123. The molecule has 2 aromatic carbocycles. The Morgan fingerprint density at radius 3 is 2.70 bits per heavy atom. The van der Waals surface area contributed by atoms with E-state index in [1.807, 2.05) is 6.07 Å². The topological polar surface area (TPSA) is 95.9 Å². The van der Waals surface area contributed by atoms with Crippen LogP contribution < -0.4 is 15.0 Å². The highest BCUT2D eigenvalue weighted by Gasteiger charge is 2.21. The summed E-state index contributed by atoms with van der Waals surface area (Å²) in [6, 6.07) is 13.5. The standard InChI is InChI=1S/C20H20N2O5/c23-18(21-12-14-4-1-5-15(10-14)20(25)26)13-27-17-7-2-6-16(11-17)22-9-3-8-19(22)24/h1-2,4-7,10-11H,3,8-9,12-13H2,(H,21,23)(H,25,26). The first-order valence-electron chi connectivity index (χ1n) is 8.65. The van der Waals surface area contributed by atoms with Gasteiger partial charge >= 0.3 is 5.97 Å². The summed E-state index contributed by atoms with van der Waals surface area (Å²) in [7, 11) is 0. The van der Waals surface area contributed by atoms with Crippen LogP contribution in [-0.2, 0) is 16.1 Å². The second kappa shape index (κ2) is 8.35. The minimum atomic E-state index is -1.01. The van der Waals surface area contributed by atoms with Crippen LogP contribution in [0.25, 0.3) is 0 Å². The highest BCUT2D eigenvalue weighted by atomic mass is 16.5. The van der Waals surface area contributed by atoms with Crippen molar-refractivity contribution in [1.82, 2.24) is 5.32 Å². The van der Waals surface area contributed by atoms with E-state index >= 15 is 0 Å². The van der Waals surface area contributed by atoms with Gasteiger partial charge in [0.05, 0.1) is 5.56 Å². The molecule has 0 aromatic heterocycles. The summed E-state index contributed by atoms with van der Waals surface area (Å²) < 4.78 is 5.51. The van der Waals surface area contributed by atoms with Crippen LogP contribution in [0.1, 0.15) is 28.8 Å². The molecule has 0 aliphatic carbocycles. The van der Waals surface area contributed by atoms with Crippen molar-refractivity contribution in [3.63, 3.8) is 0 Å². The van der Waals surface area contributed by atoms with Crippen LogP contribution in [-0.4, -0.2) is 36.0 Å². The maximum Gasteiger partial charge on any atom is 0.335 e. The second-order valence-electron chi connectivity index (χ2n) is 6.22. The smallest absolute Gasteiger partial charge is 0.335 e. The molecule has 1 saturated heterocycles. The van der Waals surface area contributed by atoms with E-state index in [-0.39, 0.29) is 30.5 Å². The average molecular weight is 368 g/mol. The number of carbonyl (C=O) groups is 3. The number of carboxylic acid groups (broad SMARTS) is 1. The zero-order valence-corrected chi connectivity index (χ0v) is 14.7. The summed E-state index contributed by atoms with van der Waals surface area (Å²) in [5, 5.41) is 11.7. The van der Waals surface area contributed by atoms with Gasteiger partial charge in [0.15, 0.2) is 6.61 Å². The van der Waals surface area contributed by atoms with Gasteiger partial charge in [-0.2, -0.15) is 0 Å². The summed E-state index contributed by atoms with van der Waals surface area (Å²) in [6.07, 6.45) is 1.39. The van der Waals surface area contributed by atoms with E-state index in [0.29, 0.717) is 24.3 Å². The lowest BCUT2D eigenvalue weighted by Crippen LogP contribution is -2.28. The molecular formula is C20H20N2O5. The molecule has 2 N–H and O–H groups in total. The molecule has 0 saturated carbocycles. The van der Waals surface area contributed by atoms with Crippen molar-refractivity contribution < 1.29 is 24.2 Å². The number of ether oxygens (including phenoxy) is 1. The maximum absolute atomic E-state index is 12.0. The van der Waals surface area contributed by atoms with Crippen molar-refractivity contribution in [3.8, 4) is 5.75 Å². The van der Waals surface area contributed by atoms with Crippen LogP contribution in [0, 0.1) is 0 Å². The number of carbonyl (C=O) groups excluding carboxylic acids is 2. The molecule has 2 amide bonds. The Morgan fingerprint density at radius 2 is 1.96 bits per heavy atom.